The van der Waals surface area contributed by atoms with E-state index in [9.17, 15) is 14.7 Å². The van der Waals surface area contributed by atoms with E-state index >= 15 is 0 Å². The first-order chi connectivity index (χ1) is 14.5. The number of hydrogen-bond donors (Lipinski definition) is 2. The van der Waals surface area contributed by atoms with Crippen LogP contribution < -0.4 is 10.1 Å². The van der Waals surface area contributed by atoms with Gasteiger partial charge in [0.25, 0.3) is 5.91 Å². The highest BCUT2D eigenvalue weighted by Gasteiger charge is 2.36. The van der Waals surface area contributed by atoms with Crippen molar-refractivity contribution < 1.29 is 19.4 Å². The van der Waals surface area contributed by atoms with Crippen LogP contribution in [0.25, 0.3) is 0 Å². The summed E-state index contributed by atoms with van der Waals surface area (Å²) in [6.45, 7) is 0.865. The Balaban J connectivity index is 1.56. The Kier molecular flexibility index (Phi) is 6.22. The minimum absolute atomic E-state index is 0.0618. The summed E-state index contributed by atoms with van der Waals surface area (Å²) in [7, 11) is 1.57. The van der Waals surface area contributed by atoms with Crippen molar-refractivity contribution in [2.75, 3.05) is 20.2 Å². The van der Waals surface area contributed by atoms with Crippen LogP contribution >= 0.6 is 15.9 Å². The molecule has 1 saturated heterocycles. The number of likely N-dealkylation sites (tertiary alicyclic amines) is 1. The van der Waals surface area contributed by atoms with Crippen LogP contribution in [0.3, 0.4) is 0 Å². The number of hydrogen-bond acceptors (Lipinski definition) is 5. The zero-order valence-corrected chi connectivity index (χ0v) is 18.4. The highest BCUT2D eigenvalue weighted by Crippen LogP contribution is 2.38. The molecule has 0 bridgehead atoms. The van der Waals surface area contributed by atoms with Crippen molar-refractivity contribution in [1.82, 2.24) is 10.2 Å². The van der Waals surface area contributed by atoms with Gasteiger partial charge in [-0.2, -0.15) is 0 Å². The number of ketones is 1. The SMILES string of the molecule is COc1cc(C(O)N2CC(=O)C[C@@H]2c2cccc(C(=O)NCC3CC3)c2)ccc1Br. The average molecular weight is 473 g/mol. The van der Waals surface area contributed by atoms with Gasteiger partial charge in [0.15, 0.2) is 0 Å². The molecule has 1 aliphatic heterocycles. The first-order valence-electron chi connectivity index (χ1n) is 10.1. The smallest absolute Gasteiger partial charge is 0.251 e. The van der Waals surface area contributed by atoms with Crippen LogP contribution in [0.1, 0.15) is 53.0 Å². The second kappa shape index (κ2) is 8.88. The number of carbonyl (C=O) groups excluding carboxylic acids is 2. The maximum Gasteiger partial charge on any atom is 0.251 e. The first kappa shape index (κ1) is 21.0. The van der Waals surface area contributed by atoms with Gasteiger partial charge >= 0.3 is 0 Å². The number of nitrogens with one attached hydrogen (secondary N) is 1. The molecule has 158 valence electrons. The monoisotopic (exact) mass is 472 g/mol. The molecule has 6 nitrogen and oxygen atoms in total. The second-order valence-electron chi connectivity index (χ2n) is 7.98. The highest BCUT2D eigenvalue weighted by atomic mass is 79.9. The van der Waals surface area contributed by atoms with Gasteiger partial charge in [0.1, 0.15) is 17.8 Å². The van der Waals surface area contributed by atoms with Crippen molar-refractivity contribution in [3.8, 4) is 5.75 Å². The summed E-state index contributed by atoms with van der Waals surface area (Å²) in [5.41, 5.74) is 2.07. The van der Waals surface area contributed by atoms with Crippen LogP contribution in [0.2, 0.25) is 0 Å². The molecule has 1 amide bonds. The molecule has 4 rings (SSSR count). The van der Waals surface area contributed by atoms with Crippen molar-refractivity contribution in [2.24, 2.45) is 5.92 Å². The molecule has 1 saturated carbocycles. The molecule has 0 aromatic heterocycles. The number of rotatable bonds is 7. The first-order valence-corrected chi connectivity index (χ1v) is 10.9. The van der Waals surface area contributed by atoms with Crippen molar-refractivity contribution in [3.05, 3.63) is 63.6 Å². The number of Topliss-reactive ketones (excluding diaryl/α,β-unsaturated/α-hetero) is 1. The molecular weight excluding hydrogens is 448 g/mol. The Labute approximate surface area is 184 Å². The summed E-state index contributed by atoms with van der Waals surface area (Å²) in [6, 6.07) is 12.4. The van der Waals surface area contributed by atoms with Gasteiger partial charge in [0, 0.05) is 24.6 Å². The number of aliphatic hydroxyl groups is 1. The molecule has 30 heavy (non-hydrogen) atoms. The Morgan fingerprint density at radius 1 is 1.30 bits per heavy atom. The molecular formula is C23H25BrN2O4. The van der Waals surface area contributed by atoms with Crippen LogP contribution in [0, 0.1) is 5.92 Å². The predicted octanol–water partition coefficient (Wildman–Crippen LogP) is 3.60. The van der Waals surface area contributed by atoms with E-state index in [4.69, 9.17) is 4.74 Å². The molecule has 2 aromatic carbocycles. The van der Waals surface area contributed by atoms with Crippen molar-refractivity contribution in [2.45, 2.75) is 31.5 Å². The summed E-state index contributed by atoms with van der Waals surface area (Å²) in [5.74, 6) is 1.19. The van der Waals surface area contributed by atoms with Gasteiger partial charge in [0.05, 0.1) is 18.1 Å². The van der Waals surface area contributed by atoms with Crippen LogP contribution in [-0.4, -0.2) is 41.9 Å². The lowest BCUT2D eigenvalue weighted by atomic mass is 10.0. The molecule has 1 heterocycles. The second-order valence-corrected chi connectivity index (χ2v) is 8.83. The molecule has 2 aromatic rings. The minimum Gasteiger partial charge on any atom is -0.496 e. The molecule has 2 N–H and O–H groups in total. The molecule has 2 fully saturated rings. The van der Waals surface area contributed by atoms with Crippen LogP contribution in [-0.2, 0) is 4.79 Å². The fourth-order valence-corrected chi connectivity index (χ4v) is 4.26. The molecule has 2 aliphatic rings. The van der Waals surface area contributed by atoms with Crippen molar-refractivity contribution >= 4 is 27.6 Å². The number of ether oxygens (including phenoxy) is 1. The van der Waals surface area contributed by atoms with E-state index in [-0.39, 0.29) is 24.3 Å². The van der Waals surface area contributed by atoms with Crippen molar-refractivity contribution in [3.63, 3.8) is 0 Å². The zero-order valence-electron chi connectivity index (χ0n) is 16.8. The van der Waals surface area contributed by atoms with Gasteiger partial charge < -0.3 is 15.2 Å². The predicted molar refractivity (Wildman–Crippen MR) is 116 cm³/mol. The number of nitrogens with zero attached hydrogens (tertiary/aromatic N) is 1. The number of halogens is 1. The summed E-state index contributed by atoms with van der Waals surface area (Å²) in [6.07, 6.45) is 1.70. The standard InChI is InChI=1S/C23H25BrN2O4/c1-30-21-10-17(7-8-19(21)24)23(29)26-13-18(27)11-20(26)15-3-2-4-16(9-15)22(28)25-12-14-5-6-14/h2-4,7-10,14,20,23,29H,5-6,11-13H2,1H3,(H,25,28)/t20-,23?/m1/s1. The van der Waals surface area contributed by atoms with E-state index in [0.717, 1.165) is 10.0 Å². The molecule has 1 unspecified atom stereocenters. The van der Waals surface area contributed by atoms with Crippen LogP contribution in [0.4, 0.5) is 0 Å². The fraction of sp³-hybridized carbons (Fsp3) is 0.391. The van der Waals surface area contributed by atoms with Gasteiger partial charge in [0.2, 0.25) is 0 Å². The summed E-state index contributed by atoms with van der Waals surface area (Å²) in [5, 5.41) is 14.0. The Hall–Kier alpha value is -2.22. The van der Waals surface area contributed by atoms with Gasteiger partial charge in [-0.25, -0.2) is 0 Å². The maximum atomic E-state index is 12.5. The third kappa shape index (κ3) is 4.58. The Morgan fingerprint density at radius 2 is 2.10 bits per heavy atom. The minimum atomic E-state index is -0.962. The van der Waals surface area contributed by atoms with Crippen LogP contribution in [0.5, 0.6) is 5.75 Å². The molecule has 7 heteroatoms. The van der Waals surface area contributed by atoms with Gasteiger partial charge in [-0.3, -0.25) is 14.5 Å². The van der Waals surface area contributed by atoms with E-state index in [0.29, 0.717) is 35.8 Å². The number of methoxy groups -OCH3 is 1. The fourth-order valence-electron chi connectivity index (χ4n) is 3.85. The van der Waals surface area contributed by atoms with Gasteiger partial charge in [-0.05, 0) is 70.1 Å². The zero-order chi connectivity index (χ0) is 21.3. The van der Waals surface area contributed by atoms with E-state index < -0.39 is 6.23 Å². The van der Waals surface area contributed by atoms with E-state index in [2.05, 4.69) is 21.2 Å². The highest BCUT2D eigenvalue weighted by molar-refractivity contribution is 9.10. The molecule has 0 spiro atoms. The normalized spacial score (nSPS) is 20.2. The maximum absolute atomic E-state index is 12.5. The summed E-state index contributed by atoms with van der Waals surface area (Å²) in [4.78, 5) is 26.5. The van der Waals surface area contributed by atoms with Crippen LogP contribution in [0.15, 0.2) is 46.9 Å². The number of amides is 1. The Bertz CT molecular complexity index is 960. The lowest BCUT2D eigenvalue weighted by Crippen LogP contribution is -2.29. The Morgan fingerprint density at radius 3 is 2.83 bits per heavy atom. The molecule has 0 radical (unpaired) electrons. The topological polar surface area (TPSA) is 78.9 Å². The third-order valence-electron chi connectivity index (χ3n) is 5.75. The quantitative estimate of drug-likeness (QED) is 0.643. The average Bonchev–Trinajstić information content (AvgIpc) is 3.51. The lowest BCUT2D eigenvalue weighted by molar-refractivity contribution is -0.117. The number of carbonyl (C=O) groups is 2. The lowest BCUT2D eigenvalue weighted by Gasteiger charge is -2.29. The summed E-state index contributed by atoms with van der Waals surface area (Å²) < 4.78 is 6.12. The number of benzene rings is 2. The van der Waals surface area contributed by atoms with E-state index in [1.54, 1.807) is 30.2 Å². The third-order valence-corrected chi connectivity index (χ3v) is 6.40. The summed E-state index contributed by atoms with van der Waals surface area (Å²) >= 11 is 3.42. The van der Waals surface area contributed by atoms with Gasteiger partial charge in [-0.15, -0.1) is 0 Å². The molecule has 1 aliphatic carbocycles. The molecule has 2 atom stereocenters. The van der Waals surface area contributed by atoms with Crippen molar-refractivity contribution in [1.29, 1.82) is 0 Å². The van der Waals surface area contributed by atoms with E-state index in [1.165, 1.54) is 12.8 Å². The van der Waals surface area contributed by atoms with Gasteiger partial charge in [-0.1, -0.05) is 18.2 Å². The van der Waals surface area contributed by atoms with E-state index in [1.807, 2.05) is 24.3 Å². The number of aliphatic hydroxyl groups excluding tert-OH is 1. The largest absolute Gasteiger partial charge is 0.496 e.